The minimum absolute atomic E-state index is 0.00919. The molecule has 1 saturated carbocycles. The first-order valence-corrected chi connectivity index (χ1v) is 20.3. The van der Waals surface area contributed by atoms with Crippen molar-refractivity contribution in [1.82, 2.24) is 24.6 Å². The summed E-state index contributed by atoms with van der Waals surface area (Å²) in [5, 5.41) is 16.5. The molecule has 12 nitrogen and oxygen atoms in total. The van der Waals surface area contributed by atoms with Crippen LogP contribution < -0.4 is 20.3 Å². The number of halogens is 5. The van der Waals surface area contributed by atoms with Crippen LogP contribution in [-0.2, 0) is 34.8 Å². The largest absolute Gasteiger partial charge is 0.497 e. The summed E-state index contributed by atoms with van der Waals surface area (Å²) in [5.74, 6) is -1.92. The lowest BCUT2D eigenvalue weighted by Crippen LogP contribution is -2.35. The van der Waals surface area contributed by atoms with Gasteiger partial charge in [-0.05, 0) is 89.9 Å². The minimum atomic E-state index is -4.27. The van der Waals surface area contributed by atoms with Gasteiger partial charge in [-0.15, -0.1) is 0 Å². The summed E-state index contributed by atoms with van der Waals surface area (Å²) in [7, 11) is -2.76. The van der Waals surface area contributed by atoms with Crippen LogP contribution in [-0.4, -0.2) is 57.2 Å². The summed E-state index contributed by atoms with van der Waals surface area (Å²) in [6.07, 6.45) is -4.27. The van der Waals surface area contributed by atoms with Gasteiger partial charge in [-0.3, -0.25) is 18.8 Å². The predicted octanol–water partition coefficient (Wildman–Crippen LogP) is 8.31. The molecule has 0 aliphatic heterocycles. The third-order valence-corrected chi connectivity index (χ3v) is 12.9. The number of carbonyl (C=O) groups is 1. The highest BCUT2D eigenvalue weighted by molar-refractivity contribution is 7.94. The average molecular weight is 855 g/mol. The first-order chi connectivity index (χ1) is 27.8. The second-order valence-corrected chi connectivity index (χ2v) is 18.1. The molecular formula is C41H39ClF4N6O6S. The van der Waals surface area contributed by atoms with Gasteiger partial charge in [0.2, 0.25) is 10.0 Å². The van der Waals surface area contributed by atoms with E-state index in [1.807, 2.05) is 20.8 Å². The molecule has 18 heteroatoms. The number of sulfonamides is 1. The van der Waals surface area contributed by atoms with E-state index in [-0.39, 0.29) is 56.1 Å². The van der Waals surface area contributed by atoms with Gasteiger partial charge < -0.3 is 15.2 Å². The van der Waals surface area contributed by atoms with E-state index in [9.17, 15) is 40.7 Å². The van der Waals surface area contributed by atoms with Gasteiger partial charge >= 0.3 is 6.09 Å². The summed E-state index contributed by atoms with van der Waals surface area (Å²) in [4.78, 5) is 31.9. The van der Waals surface area contributed by atoms with Crippen LogP contribution in [0, 0.1) is 11.6 Å². The Labute approximate surface area is 340 Å². The van der Waals surface area contributed by atoms with Crippen molar-refractivity contribution in [1.29, 1.82) is 0 Å². The molecule has 3 N–H and O–H groups in total. The molecule has 0 bridgehead atoms. The van der Waals surface area contributed by atoms with E-state index < -0.39 is 68.9 Å². The van der Waals surface area contributed by atoms with Crippen LogP contribution in [0.1, 0.15) is 62.2 Å². The number of benzene rings is 4. The Morgan fingerprint density at radius 3 is 2.27 bits per heavy atom. The van der Waals surface area contributed by atoms with Crippen molar-refractivity contribution in [2.45, 2.75) is 75.6 Å². The van der Waals surface area contributed by atoms with Crippen molar-refractivity contribution in [2.24, 2.45) is 0 Å². The van der Waals surface area contributed by atoms with Gasteiger partial charge in [0.25, 0.3) is 12.0 Å². The molecule has 0 unspecified atom stereocenters. The molecule has 1 fully saturated rings. The van der Waals surface area contributed by atoms with E-state index in [1.54, 1.807) is 36.4 Å². The zero-order chi connectivity index (χ0) is 42.6. The van der Waals surface area contributed by atoms with E-state index >= 15 is 0 Å². The number of amides is 1. The number of ether oxygens (including phenoxy) is 1. The molecule has 1 aliphatic rings. The SMILES string of the molecule is COc1ccc(CC2(S(=O)(=O)Nc3nn(CC(F)F)c4c(-n5c([C@H](Cc6cc(F)cc(F)c6)NC(=O)O)nc6cc(C(C)(C)C)ccc6c5=O)ccc(Cl)c34)CC2)cc1. The molecule has 0 saturated heterocycles. The van der Waals surface area contributed by atoms with Gasteiger partial charge in [-0.25, -0.2) is 35.8 Å². The summed E-state index contributed by atoms with van der Waals surface area (Å²) < 4.78 is 94.2. The molecule has 2 aromatic heterocycles. The Kier molecular flexibility index (Phi) is 10.9. The number of fused-ring (bicyclic) bond motifs is 2. The van der Waals surface area contributed by atoms with Crippen LogP contribution in [0.4, 0.5) is 28.2 Å². The standard InChI is InChI=1S/C41H39ClF4N6O6S/c1-40(2,3)24-7-10-28-30(18-24)47-37(31(48-39(54)55)17-23-15-25(43)19-26(44)16-23)52(38(28)53)32-12-11-29(42)34-35(32)51(21-33(45)46)49-36(34)50-59(56,57)41(13-14-41)20-22-5-8-27(58-4)9-6-22/h5-12,15-16,18-19,31,33,48H,13-14,17,20-21H2,1-4H3,(H,49,50)(H,54,55)/t31-/m0/s1. The first-order valence-electron chi connectivity index (χ1n) is 18.4. The van der Waals surface area contributed by atoms with Crippen molar-refractivity contribution < 1.29 is 40.6 Å². The molecule has 310 valence electrons. The Morgan fingerprint density at radius 2 is 1.68 bits per heavy atom. The van der Waals surface area contributed by atoms with Gasteiger partial charge in [0, 0.05) is 12.5 Å². The summed E-state index contributed by atoms with van der Waals surface area (Å²) in [5.41, 5.74) is 0.133. The third-order valence-electron chi connectivity index (χ3n) is 10.4. The molecular weight excluding hydrogens is 816 g/mol. The number of carboxylic acid groups (broad SMARTS) is 1. The van der Waals surface area contributed by atoms with Crippen LogP contribution in [0.2, 0.25) is 5.02 Å². The fourth-order valence-electron chi connectivity index (χ4n) is 7.26. The number of aromatic nitrogens is 4. The molecule has 1 aliphatic carbocycles. The second-order valence-electron chi connectivity index (χ2n) is 15.6. The molecule has 1 amide bonds. The van der Waals surface area contributed by atoms with Crippen LogP contribution in [0.15, 0.2) is 77.6 Å². The van der Waals surface area contributed by atoms with Gasteiger partial charge in [0.15, 0.2) is 5.82 Å². The van der Waals surface area contributed by atoms with E-state index in [0.29, 0.717) is 24.7 Å². The monoisotopic (exact) mass is 854 g/mol. The maximum Gasteiger partial charge on any atom is 0.405 e. The normalized spacial score (nSPS) is 14.5. The lowest BCUT2D eigenvalue weighted by Gasteiger charge is -2.24. The number of hydrogen-bond acceptors (Lipinski definition) is 7. The molecule has 7 rings (SSSR count). The van der Waals surface area contributed by atoms with E-state index in [1.165, 1.54) is 25.3 Å². The first kappa shape index (κ1) is 41.5. The van der Waals surface area contributed by atoms with Crippen LogP contribution in [0.3, 0.4) is 0 Å². The molecule has 0 radical (unpaired) electrons. The van der Waals surface area contributed by atoms with E-state index in [4.69, 9.17) is 21.3 Å². The number of nitrogens with one attached hydrogen (secondary N) is 2. The Hall–Kier alpha value is -5.68. The van der Waals surface area contributed by atoms with Crippen molar-refractivity contribution in [3.8, 4) is 11.4 Å². The molecule has 59 heavy (non-hydrogen) atoms. The summed E-state index contributed by atoms with van der Waals surface area (Å²) in [6, 6.07) is 15.7. The Bertz CT molecular complexity index is 2770. The number of hydrogen-bond donors (Lipinski definition) is 3. The number of alkyl halides is 2. The Morgan fingerprint density at radius 1 is 1.00 bits per heavy atom. The number of anilines is 1. The van der Waals surface area contributed by atoms with Crippen molar-refractivity contribution >= 4 is 55.3 Å². The van der Waals surface area contributed by atoms with Gasteiger partial charge in [0.05, 0.1) is 50.4 Å². The fraction of sp³-hybridized carbons (Fsp3) is 0.317. The van der Waals surface area contributed by atoms with Gasteiger partial charge in [-0.2, -0.15) is 5.10 Å². The molecule has 0 spiro atoms. The minimum Gasteiger partial charge on any atom is -0.497 e. The van der Waals surface area contributed by atoms with E-state index in [2.05, 4.69) is 15.1 Å². The maximum absolute atomic E-state index is 14.8. The maximum atomic E-state index is 14.8. The highest BCUT2D eigenvalue weighted by atomic mass is 35.5. The van der Waals surface area contributed by atoms with E-state index in [0.717, 1.165) is 32.5 Å². The third kappa shape index (κ3) is 8.30. The Balaban J connectivity index is 1.45. The summed E-state index contributed by atoms with van der Waals surface area (Å²) >= 11 is 6.74. The van der Waals surface area contributed by atoms with Crippen molar-refractivity contribution in [2.75, 3.05) is 11.8 Å². The van der Waals surface area contributed by atoms with Crippen LogP contribution in [0.25, 0.3) is 27.5 Å². The van der Waals surface area contributed by atoms with Crippen molar-refractivity contribution in [3.05, 3.63) is 122 Å². The van der Waals surface area contributed by atoms with Gasteiger partial charge in [-0.1, -0.05) is 50.6 Å². The zero-order valence-corrected chi connectivity index (χ0v) is 33.8. The van der Waals surface area contributed by atoms with Crippen molar-refractivity contribution in [3.63, 3.8) is 0 Å². The van der Waals surface area contributed by atoms with Crippen LogP contribution in [0.5, 0.6) is 5.75 Å². The molecule has 2 heterocycles. The van der Waals surface area contributed by atoms with Crippen LogP contribution >= 0.6 is 11.6 Å². The average Bonchev–Trinajstić information content (AvgIpc) is 3.86. The summed E-state index contributed by atoms with van der Waals surface area (Å²) in [6.45, 7) is 4.75. The number of rotatable bonds is 13. The smallest absolute Gasteiger partial charge is 0.405 e. The quantitative estimate of drug-likeness (QED) is 0.0980. The number of nitrogens with zero attached hydrogens (tertiary/aromatic N) is 4. The lowest BCUT2D eigenvalue weighted by molar-refractivity contribution is 0.123. The highest BCUT2D eigenvalue weighted by Gasteiger charge is 2.55. The predicted molar refractivity (Wildman–Crippen MR) is 216 cm³/mol. The topological polar surface area (TPSA) is 157 Å². The molecule has 1 atom stereocenters. The highest BCUT2D eigenvalue weighted by Crippen LogP contribution is 2.48. The second kappa shape index (κ2) is 15.5. The lowest BCUT2D eigenvalue weighted by atomic mass is 9.86. The molecule has 4 aromatic carbocycles. The number of methoxy groups -OCH3 is 1. The zero-order valence-electron chi connectivity index (χ0n) is 32.2. The molecule has 6 aromatic rings. The van der Waals surface area contributed by atoms with Gasteiger partial charge in [0.1, 0.15) is 29.8 Å². The fourth-order valence-corrected chi connectivity index (χ4v) is 9.12.